The molecule has 0 aliphatic rings. The van der Waals surface area contributed by atoms with Gasteiger partial charge in [0.15, 0.2) is 6.54 Å². The molecule has 0 radical (unpaired) electrons. The minimum atomic E-state index is -1.05. The normalized spacial score (nSPS) is 12.6. The highest BCUT2D eigenvalue weighted by Crippen LogP contribution is 2.29. The molecule has 0 saturated carbocycles. The van der Waals surface area contributed by atoms with Crippen LogP contribution in [-0.4, -0.2) is 40.2 Å². The number of likely N-dealkylation sites (N-methyl/N-ethyl adjacent to an activating group) is 1. The van der Waals surface area contributed by atoms with Crippen LogP contribution in [-0.2, 0) is 17.9 Å². The standard InChI is InChI=1S/C34H39N3O4S/c1-4-9-26(10-5-2)27-17-19-30(20-18-27)41-23-25-13-15-28(16-14-25)31-24-42-32(36-31)21-37(3,22-33(38)39)34(40)35-29-11-7-6-8-12-29/h6-8,11-20,24,26H,4-5,9-10,21-23H2,1-3H3,(H-,35,38,39,40)/p+1. The first-order chi connectivity index (χ1) is 20.3. The molecule has 2 N–H and O–H groups in total. The molecule has 2 amide bonds. The van der Waals surface area contributed by atoms with Gasteiger partial charge >= 0.3 is 12.0 Å². The average Bonchev–Trinajstić information content (AvgIpc) is 3.44. The number of aromatic nitrogens is 1. The largest absolute Gasteiger partial charge is 0.489 e. The fourth-order valence-electron chi connectivity index (χ4n) is 5.04. The fourth-order valence-corrected chi connectivity index (χ4v) is 5.99. The van der Waals surface area contributed by atoms with Crippen LogP contribution < -0.4 is 10.1 Å². The van der Waals surface area contributed by atoms with Crippen LogP contribution in [0.1, 0.15) is 61.6 Å². The van der Waals surface area contributed by atoms with Crippen molar-refractivity contribution in [3.63, 3.8) is 0 Å². The van der Waals surface area contributed by atoms with Gasteiger partial charge in [-0.05, 0) is 54.2 Å². The molecule has 1 aromatic heterocycles. The number of ether oxygens (including phenoxy) is 1. The predicted molar refractivity (Wildman–Crippen MR) is 169 cm³/mol. The van der Waals surface area contributed by atoms with Gasteiger partial charge in [0.25, 0.3) is 0 Å². The Bertz CT molecular complexity index is 1430. The van der Waals surface area contributed by atoms with Crippen LogP contribution in [0.3, 0.4) is 0 Å². The SMILES string of the molecule is CCCC(CCC)c1ccc(OCc2ccc(-c3csc(C[N+](C)(CC(=O)O)C(=O)Nc4ccccc4)n3)cc2)cc1. The van der Waals surface area contributed by atoms with Crippen LogP contribution in [0, 0.1) is 0 Å². The molecule has 0 spiro atoms. The number of carbonyl (C=O) groups excluding carboxylic acids is 1. The molecule has 0 bridgehead atoms. The van der Waals surface area contributed by atoms with E-state index in [0.29, 0.717) is 23.2 Å². The monoisotopic (exact) mass is 586 g/mol. The first-order valence-corrected chi connectivity index (χ1v) is 15.4. The minimum absolute atomic E-state index is 0.165. The zero-order valence-electron chi connectivity index (χ0n) is 24.6. The first kappa shape index (κ1) is 30.9. The number of benzene rings is 3. The van der Waals surface area contributed by atoms with E-state index in [9.17, 15) is 14.7 Å². The number of nitrogens with one attached hydrogen (secondary N) is 1. The number of amides is 2. The van der Waals surface area contributed by atoms with Crippen molar-refractivity contribution in [3.8, 4) is 17.0 Å². The van der Waals surface area contributed by atoms with E-state index in [1.807, 2.05) is 47.8 Å². The minimum Gasteiger partial charge on any atom is -0.489 e. The van der Waals surface area contributed by atoms with E-state index in [1.165, 1.54) is 42.6 Å². The number of thiazole rings is 1. The zero-order valence-corrected chi connectivity index (χ0v) is 25.4. The topological polar surface area (TPSA) is 88.5 Å². The maximum Gasteiger partial charge on any atom is 0.421 e. The van der Waals surface area contributed by atoms with Crippen molar-refractivity contribution in [1.82, 2.24) is 4.98 Å². The lowest BCUT2D eigenvalue weighted by Crippen LogP contribution is -2.53. The smallest absolute Gasteiger partial charge is 0.421 e. The Morgan fingerprint density at radius 2 is 1.62 bits per heavy atom. The van der Waals surface area contributed by atoms with Crippen molar-refractivity contribution >= 4 is 29.0 Å². The molecule has 3 aromatic carbocycles. The third kappa shape index (κ3) is 8.50. The lowest BCUT2D eigenvalue weighted by molar-refractivity contribution is -0.833. The van der Waals surface area contributed by atoms with Gasteiger partial charge < -0.3 is 9.84 Å². The number of rotatable bonds is 14. The summed E-state index contributed by atoms with van der Waals surface area (Å²) in [5, 5.41) is 15.0. The maximum atomic E-state index is 13.1. The summed E-state index contributed by atoms with van der Waals surface area (Å²) in [6, 6.07) is 25.2. The molecule has 0 aliphatic carbocycles. The van der Waals surface area contributed by atoms with Gasteiger partial charge in [0.2, 0.25) is 0 Å². The maximum absolute atomic E-state index is 13.1. The Kier molecular flexibility index (Phi) is 10.9. The number of nitrogens with zero attached hydrogens (tertiary/aromatic N) is 2. The number of hydrogen-bond donors (Lipinski definition) is 2. The Hall–Kier alpha value is -4.01. The number of carboxylic acids is 1. The number of aliphatic carboxylic acids is 1. The summed E-state index contributed by atoms with van der Waals surface area (Å²) in [6.45, 7) is 4.76. The molecule has 0 fully saturated rings. The molecule has 220 valence electrons. The highest BCUT2D eigenvalue weighted by Gasteiger charge is 2.36. The van der Waals surface area contributed by atoms with Crippen LogP contribution >= 0.6 is 11.3 Å². The van der Waals surface area contributed by atoms with Crippen molar-refractivity contribution in [2.24, 2.45) is 0 Å². The lowest BCUT2D eigenvalue weighted by Gasteiger charge is -2.28. The van der Waals surface area contributed by atoms with Gasteiger partial charge in [-0.3, -0.25) is 5.32 Å². The first-order valence-electron chi connectivity index (χ1n) is 14.5. The summed E-state index contributed by atoms with van der Waals surface area (Å²) in [6.07, 6.45) is 4.81. The Morgan fingerprint density at radius 1 is 0.952 bits per heavy atom. The van der Waals surface area contributed by atoms with Crippen LogP contribution in [0.2, 0.25) is 0 Å². The molecule has 4 rings (SSSR count). The van der Waals surface area contributed by atoms with Gasteiger partial charge in [-0.25, -0.2) is 19.1 Å². The summed E-state index contributed by atoms with van der Waals surface area (Å²) >= 11 is 1.42. The van der Waals surface area contributed by atoms with Crippen LogP contribution in [0.4, 0.5) is 10.5 Å². The number of carbonyl (C=O) groups is 2. The van der Waals surface area contributed by atoms with Gasteiger partial charge in [-0.1, -0.05) is 81.3 Å². The summed E-state index contributed by atoms with van der Waals surface area (Å²) < 4.78 is 5.69. The number of quaternary nitrogens is 1. The van der Waals surface area contributed by atoms with Crippen molar-refractivity contribution in [1.29, 1.82) is 0 Å². The highest BCUT2D eigenvalue weighted by atomic mass is 32.1. The number of anilines is 1. The Labute approximate surface area is 252 Å². The van der Waals surface area contributed by atoms with E-state index >= 15 is 0 Å². The number of carboxylic acid groups (broad SMARTS) is 1. The second-order valence-corrected chi connectivity index (χ2v) is 11.8. The second kappa shape index (κ2) is 14.8. The molecule has 1 atom stereocenters. The summed E-state index contributed by atoms with van der Waals surface area (Å²) in [5.41, 5.74) is 4.79. The molecule has 1 heterocycles. The summed E-state index contributed by atoms with van der Waals surface area (Å²) in [7, 11) is 1.62. The second-order valence-electron chi connectivity index (χ2n) is 10.9. The third-order valence-electron chi connectivity index (χ3n) is 7.32. The quantitative estimate of drug-likeness (QED) is 0.145. The van der Waals surface area contributed by atoms with Crippen LogP contribution in [0.5, 0.6) is 5.75 Å². The molecule has 4 aromatic rings. The predicted octanol–water partition coefficient (Wildman–Crippen LogP) is 8.34. The van der Waals surface area contributed by atoms with Gasteiger partial charge in [0, 0.05) is 16.6 Å². The van der Waals surface area contributed by atoms with Gasteiger partial charge in [0.1, 0.15) is 23.9 Å². The zero-order chi connectivity index (χ0) is 30.0. The lowest BCUT2D eigenvalue weighted by atomic mass is 9.90. The molecular formula is C34H40N3O4S+. The molecule has 0 aliphatic heterocycles. The van der Waals surface area contributed by atoms with E-state index in [-0.39, 0.29) is 17.6 Å². The van der Waals surface area contributed by atoms with E-state index in [2.05, 4.69) is 43.4 Å². The highest BCUT2D eigenvalue weighted by molar-refractivity contribution is 7.09. The summed E-state index contributed by atoms with van der Waals surface area (Å²) in [4.78, 5) is 29.5. The van der Waals surface area contributed by atoms with E-state index in [0.717, 1.165) is 22.6 Å². The molecule has 0 saturated heterocycles. The van der Waals surface area contributed by atoms with E-state index in [4.69, 9.17) is 9.72 Å². The van der Waals surface area contributed by atoms with Crippen LogP contribution in [0.15, 0.2) is 84.2 Å². The van der Waals surface area contributed by atoms with Crippen molar-refractivity contribution in [3.05, 3.63) is 100 Å². The van der Waals surface area contributed by atoms with E-state index in [1.54, 1.807) is 19.2 Å². The molecule has 8 heteroatoms. The van der Waals surface area contributed by atoms with Gasteiger partial charge in [-0.2, -0.15) is 0 Å². The van der Waals surface area contributed by atoms with Crippen molar-refractivity contribution in [2.75, 3.05) is 18.9 Å². The Balaban J connectivity index is 1.37. The molecular weight excluding hydrogens is 546 g/mol. The average molecular weight is 587 g/mol. The molecule has 42 heavy (non-hydrogen) atoms. The van der Waals surface area contributed by atoms with E-state index < -0.39 is 12.0 Å². The summed E-state index contributed by atoms with van der Waals surface area (Å²) in [5.74, 6) is 0.421. The number of para-hydroxylation sites is 1. The fraction of sp³-hybridized carbons (Fsp3) is 0.324. The number of hydrogen-bond acceptors (Lipinski definition) is 5. The van der Waals surface area contributed by atoms with Gasteiger partial charge in [0.05, 0.1) is 12.7 Å². The molecule has 7 nitrogen and oxygen atoms in total. The number of urea groups is 1. The van der Waals surface area contributed by atoms with Crippen molar-refractivity contribution in [2.45, 2.75) is 58.6 Å². The van der Waals surface area contributed by atoms with Crippen molar-refractivity contribution < 1.29 is 23.9 Å². The Morgan fingerprint density at radius 3 is 2.24 bits per heavy atom. The molecule has 1 unspecified atom stereocenters. The van der Waals surface area contributed by atoms with Gasteiger partial charge in [-0.15, -0.1) is 11.3 Å². The van der Waals surface area contributed by atoms with Crippen LogP contribution in [0.25, 0.3) is 11.3 Å². The third-order valence-corrected chi connectivity index (χ3v) is 8.15.